The zero-order valence-corrected chi connectivity index (χ0v) is 13.0. The molecule has 2 aromatic carbocycles. The van der Waals surface area contributed by atoms with Crippen molar-refractivity contribution in [2.24, 2.45) is 0 Å². The van der Waals surface area contributed by atoms with Crippen LogP contribution in [0, 0.1) is 20.8 Å². The molecule has 0 spiro atoms. The smallest absolute Gasteiger partial charge is 0.349 e. The molecule has 0 saturated carbocycles. The first kappa shape index (κ1) is 15.4. The van der Waals surface area contributed by atoms with E-state index in [9.17, 15) is 4.79 Å². The van der Waals surface area contributed by atoms with Gasteiger partial charge in [-0.15, -0.1) is 0 Å². The highest BCUT2D eigenvalue weighted by Crippen LogP contribution is 2.25. The van der Waals surface area contributed by atoms with Crippen molar-refractivity contribution in [2.45, 2.75) is 20.8 Å². The molecule has 0 radical (unpaired) electrons. The van der Waals surface area contributed by atoms with E-state index in [1.165, 1.54) is 0 Å². The van der Waals surface area contributed by atoms with E-state index in [-0.39, 0.29) is 6.61 Å². The molecule has 0 saturated heterocycles. The second-order valence-electron chi connectivity index (χ2n) is 4.95. The van der Waals surface area contributed by atoms with Crippen molar-refractivity contribution in [1.82, 2.24) is 0 Å². The maximum Gasteiger partial charge on any atom is 0.349 e. The number of esters is 1. The molecule has 0 fully saturated rings. The van der Waals surface area contributed by atoms with Gasteiger partial charge in [-0.1, -0.05) is 29.3 Å². The van der Waals surface area contributed by atoms with Crippen LogP contribution < -0.4 is 9.47 Å². The number of hydrogen-bond acceptors (Lipinski definition) is 3. The van der Waals surface area contributed by atoms with Crippen molar-refractivity contribution < 1.29 is 14.3 Å². The molecule has 0 bridgehead atoms. The Kier molecular flexibility index (Phi) is 4.86. The highest BCUT2D eigenvalue weighted by molar-refractivity contribution is 6.32. The van der Waals surface area contributed by atoms with Gasteiger partial charge in [-0.25, -0.2) is 4.79 Å². The van der Waals surface area contributed by atoms with Gasteiger partial charge in [-0.2, -0.15) is 0 Å². The second-order valence-corrected chi connectivity index (χ2v) is 5.32. The number of carbonyl (C=O) groups excluding carboxylic acids is 1. The second kappa shape index (κ2) is 6.64. The number of ether oxygens (including phenoxy) is 2. The molecule has 110 valence electrons. The summed E-state index contributed by atoms with van der Waals surface area (Å²) in [5, 5.41) is 0.686. The molecule has 0 heterocycles. The van der Waals surface area contributed by atoms with Crippen molar-refractivity contribution in [3.8, 4) is 11.5 Å². The average molecular weight is 305 g/mol. The lowest BCUT2D eigenvalue weighted by Gasteiger charge is -2.09. The lowest BCUT2D eigenvalue weighted by molar-refractivity contribution is -0.136. The van der Waals surface area contributed by atoms with E-state index in [2.05, 4.69) is 0 Å². The zero-order chi connectivity index (χ0) is 15.4. The number of benzene rings is 2. The molecule has 4 heteroatoms. The maximum atomic E-state index is 11.8. The molecule has 0 aliphatic rings. The van der Waals surface area contributed by atoms with Crippen molar-refractivity contribution in [2.75, 3.05) is 6.61 Å². The van der Waals surface area contributed by atoms with Gasteiger partial charge in [0, 0.05) is 5.02 Å². The summed E-state index contributed by atoms with van der Waals surface area (Å²) in [7, 11) is 0. The maximum absolute atomic E-state index is 11.8. The first-order valence-corrected chi connectivity index (χ1v) is 7.00. The summed E-state index contributed by atoms with van der Waals surface area (Å²) in [5.74, 6) is 0.671. The fraction of sp³-hybridized carbons (Fsp3) is 0.235. The number of aryl methyl sites for hydroxylation is 3. The van der Waals surface area contributed by atoms with Crippen molar-refractivity contribution in [3.63, 3.8) is 0 Å². The summed E-state index contributed by atoms with van der Waals surface area (Å²) < 4.78 is 10.6. The van der Waals surface area contributed by atoms with Crippen LogP contribution in [0.2, 0.25) is 5.02 Å². The van der Waals surface area contributed by atoms with Crippen LogP contribution in [0.1, 0.15) is 16.7 Å². The molecule has 0 amide bonds. The Morgan fingerprint density at radius 3 is 2.14 bits per heavy atom. The van der Waals surface area contributed by atoms with Crippen LogP contribution in [0.3, 0.4) is 0 Å². The van der Waals surface area contributed by atoms with Crippen LogP contribution in [-0.4, -0.2) is 12.6 Å². The van der Waals surface area contributed by atoms with Gasteiger partial charge in [0.05, 0.1) is 0 Å². The molecule has 2 aromatic rings. The van der Waals surface area contributed by atoms with E-state index >= 15 is 0 Å². The predicted molar refractivity (Wildman–Crippen MR) is 83.2 cm³/mol. The minimum absolute atomic E-state index is 0.135. The highest BCUT2D eigenvalue weighted by atomic mass is 35.5. The fourth-order valence-electron chi connectivity index (χ4n) is 1.90. The number of carbonyl (C=O) groups is 1. The first-order valence-electron chi connectivity index (χ1n) is 6.62. The van der Waals surface area contributed by atoms with E-state index in [0.717, 1.165) is 16.7 Å². The van der Waals surface area contributed by atoms with Gasteiger partial charge in [-0.3, -0.25) is 0 Å². The summed E-state index contributed by atoms with van der Waals surface area (Å²) >= 11 is 6.07. The number of halogens is 1. The monoisotopic (exact) mass is 304 g/mol. The van der Waals surface area contributed by atoms with Gasteiger partial charge in [0.15, 0.2) is 6.61 Å². The van der Waals surface area contributed by atoms with Crippen LogP contribution in [-0.2, 0) is 4.79 Å². The normalized spacial score (nSPS) is 10.3. The Balaban J connectivity index is 1.94. The molecule has 0 aromatic heterocycles. The van der Waals surface area contributed by atoms with E-state index < -0.39 is 5.97 Å². The van der Waals surface area contributed by atoms with E-state index in [4.69, 9.17) is 21.1 Å². The van der Waals surface area contributed by atoms with Crippen molar-refractivity contribution in [3.05, 3.63) is 58.1 Å². The van der Waals surface area contributed by atoms with Gasteiger partial charge in [0.25, 0.3) is 0 Å². The van der Waals surface area contributed by atoms with Crippen LogP contribution in [0.25, 0.3) is 0 Å². The largest absolute Gasteiger partial charge is 0.482 e. The Morgan fingerprint density at radius 2 is 1.57 bits per heavy atom. The van der Waals surface area contributed by atoms with E-state index in [1.54, 1.807) is 12.1 Å². The quantitative estimate of drug-likeness (QED) is 0.626. The summed E-state index contributed by atoms with van der Waals surface area (Å²) in [6.45, 7) is 5.60. The molecule has 0 N–H and O–H groups in total. The van der Waals surface area contributed by atoms with Gasteiger partial charge in [0.2, 0.25) is 0 Å². The summed E-state index contributed by atoms with van der Waals surface area (Å²) in [5.41, 5.74) is 2.88. The van der Waals surface area contributed by atoms with Crippen LogP contribution in [0.4, 0.5) is 0 Å². The van der Waals surface area contributed by atoms with Gasteiger partial charge in [0.1, 0.15) is 11.5 Å². The molecule has 2 rings (SSSR count). The van der Waals surface area contributed by atoms with Gasteiger partial charge in [-0.05, 0) is 56.2 Å². The molecule has 0 aliphatic carbocycles. The third-order valence-electron chi connectivity index (χ3n) is 3.02. The lowest BCUT2D eigenvalue weighted by atomic mass is 10.1. The standard InChI is InChI=1S/C17H17ClO3/c1-11-4-6-14(7-5-11)20-10-16(19)21-15-8-12(2)17(18)13(3)9-15/h4-9H,10H2,1-3H3. The Morgan fingerprint density at radius 1 is 1.00 bits per heavy atom. The molecule has 0 aliphatic heterocycles. The van der Waals surface area contributed by atoms with E-state index in [1.807, 2.05) is 45.0 Å². The first-order chi connectivity index (χ1) is 9.95. The Hall–Kier alpha value is -2.00. The van der Waals surface area contributed by atoms with E-state index in [0.29, 0.717) is 16.5 Å². The fourth-order valence-corrected chi connectivity index (χ4v) is 2.01. The molecule has 0 atom stereocenters. The molecule has 3 nitrogen and oxygen atoms in total. The van der Waals surface area contributed by atoms with Gasteiger partial charge >= 0.3 is 5.97 Å². The third kappa shape index (κ3) is 4.23. The van der Waals surface area contributed by atoms with Crippen LogP contribution in [0.5, 0.6) is 11.5 Å². The SMILES string of the molecule is Cc1ccc(OCC(=O)Oc2cc(C)c(Cl)c(C)c2)cc1. The third-order valence-corrected chi connectivity index (χ3v) is 3.62. The summed E-state index contributed by atoms with van der Waals surface area (Å²) in [6, 6.07) is 11.0. The highest BCUT2D eigenvalue weighted by Gasteiger charge is 2.09. The molecular weight excluding hydrogens is 288 g/mol. The number of rotatable bonds is 4. The van der Waals surface area contributed by atoms with Gasteiger partial charge < -0.3 is 9.47 Å². The number of hydrogen-bond donors (Lipinski definition) is 0. The van der Waals surface area contributed by atoms with Crippen molar-refractivity contribution in [1.29, 1.82) is 0 Å². The lowest BCUT2D eigenvalue weighted by Crippen LogP contribution is -2.17. The van der Waals surface area contributed by atoms with Crippen LogP contribution in [0.15, 0.2) is 36.4 Å². The van der Waals surface area contributed by atoms with Crippen molar-refractivity contribution >= 4 is 17.6 Å². The minimum atomic E-state index is -0.448. The van der Waals surface area contributed by atoms with Crippen LogP contribution >= 0.6 is 11.6 Å². The zero-order valence-electron chi connectivity index (χ0n) is 12.3. The molecule has 21 heavy (non-hydrogen) atoms. The predicted octanol–water partition coefficient (Wildman–Crippen LogP) is 4.25. The minimum Gasteiger partial charge on any atom is -0.482 e. The Bertz CT molecular complexity index is 625. The topological polar surface area (TPSA) is 35.5 Å². The molecular formula is C17H17ClO3. The summed E-state index contributed by atoms with van der Waals surface area (Å²) in [4.78, 5) is 11.8. The Labute approximate surface area is 129 Å². The molecule has 0 unspecified atom stereocenters. The summed E-state index contributed by atoms with van der Waals surface area (Å²) in [6.07, 6.45) is 0. The average Bonchev–Trinajstić information content (AvgIpc) is 2.44.